The number of thiazole rings is 1. The van der Waals surface area contributed by atoms with Crippen molar-refractivity contribution in [2.45, 2.75) is 5.38 Å². The number of aromatic nitrogens is 2. The second-order valence-electron chi connectivity index (χ2n) is 3.02. The Bertz CT molecular complexity index is 592. The maximum absolute atomic E-state index is 11.2. The van der Waals surface area contributed by atoms with Crippen LogP contribution in [-0.4, -0.2) is 23.0 Å². The van der Waals surface area contributed by atoms with E-state index in [4.69, 9.17) is 11.6 Å². The number of pyridine rings is 1. The Kier molecular flexibility index (Phi) is 2.93. The third-order valence-electron chi connectivity index (χ3n) is 2.00. The van der Waals surface area contributed by atoms with Crippen LogP contribution in [0.25, 0.3) is 10.3 Å². The van der Waals surface area contributed by atoms with Crippen LogP contribution in [0.15, 0.2) is 17.1 Å². The molecule has 2 rings (SSSR count). The predicted octanol–water partition coefficient (Wildman–Crippen LogP) is 1.44. The van der Waals surface area contributed by atoms with E-state index in [2.05, 4.69) is 14.7 Å². The number of carbonyl (C=O) groups excluding carboxylic acids is 1. The van der Waals surface area contributed by atoms with Crippen LogP contribution < -0.4 is 4.87 Å². The molecule has 16 heavy (non-hydrogen) atoms. The topological polar surface area (TPSA) is 72.0 Å². The van der Waals surface area contributed by atoms with E-state index in [0.29, 0.717) is 15.9 Å². The first-order chi connectivity index (χ1) is 7.61. The molecular formula is C9H7ClN2O3S. The van der Waals surface area contributed by atoms with Crippen LogP contribution in [0.4, 0.5) is 0 Å². The van der Waals surface area contributed by atoms with E-state index >= 15 is 0 Å². The van der Waals surface area contributed by atoms with E-state index in [0.717, 1.165) is 11.3 Å². The standard InChI is InChI=1S/C9H7ClN2O3S/c1-15-8(13)6(10)4-2-5-7(11-3-4)16-9(14)12-5/h2-3,6H,1H3,(H,12,14). The van der Waals surface area contributed by atoms with Crippen LogP contribution in [0.5, 0.6) is 0 Å². The molecule has 2 aromatic heterocycles. The van der Waals surface area contributed by atoms with Gasteiger partial charge >= 0.3 is 10.8 Å². The summed E-state index contributed by atoms with van der Waals surface area (Å²) < 4.78 is 4.52. The molecule has 0 radical (unpaired) electrons. The Morgan fingerprint density at radius 3 is 3.12 bits per heavy atom. The summed E-state index contributed by atoms with van der Waals surface area (Å²) in [4.78, 5) is 29.3. The molecule has 84 valence electrons. The van der Waals surface area contributed by atoms with Gasteiger partial charge in [0.1, 0.15) is 4.83 Å². The van der Waals surface area contributed by atoms with Crippen LogP contribution in [0, 0.1) is 0 Å². The minimum absolute atomic E-state index is 0.191. The average molecular weight is 259 g/mol. The zero-order chi connectivity index (χ0) is 11.7. The summed E-state index contributed by atoms with van der Waals surface area (Å²) in [5.41, 5.74) is 1.07. The summed E-state index contributed by atoms with van der Waals surface area (Å²) in [6.45, 7) is 0. The first kappa shape index (κ1) is 11.1. The third kappa shape index (κ3) is 1.94. The van der Waals surface area contributed by atoms with Crippen molar-refractivity contribution in [3.63, 3.8) is 0 Å². The Morgan fingerprint density at radius 2 is 2.44 bits per heavy atom. The summed E-state index contributed by atoms with van der Waals surface area (Å²) in [5.74, 6) is -0.555. The summed E-state index contributed by atoms with van der Waals surface area (Å²) >= 11 is 6.87. The van der Waals surface area contributed by atoms with Crippen LogP contribution in [-0.2, 0) is 9.53 Å². The third-order valence-corrected chi connectivity index (χ3v) is 3.24. The zero-order valence-electron chi connectivity index (χ0n) is 8.19. The van der Waals surface area contributed by atoms with Gasteiger partial charge in [-0.1, -0.05) is 11.3 Å². The molecule has 0 aromatic carbocycles. The number of nitrogens with one attached hydrogen (secondary N) is 1. The van der Waals surface area contributed by atoms with Gasteiger partial charge in [-0.2, -0.15) is 0 Å². The molecule has 7 heteroatoms. The zero-order valence-corrected chi connectivity index (χ0v) is 9.76. The Morgan fingerprint density at radius 1 is 1.69 bits per heavy atom. The highest BCUT2D eigenvalue weighted by molar-refractivity contribution is 7.15. The van der Waals surface area contributed by atoms with Crippen molar-refractivity contribution in [2.75, 3.05) is 7.11 Å². The normalized spacial score (nSPS) is 12.6. The second kappa shape index (κ2) is 4.23. The SMILES string of the molecule is COC(=O)C(Cl)c1cnc2sc(=O)[nH]c2c1. The van der Waals surface area contributed by atoms with E-state index in [9.17, 15) is 9.59 Å². The molecule has 2 aromatic rings. The molecule has 2 heterocycles. The van der Waals surface area contributed by atoms with Crippen molar-refractivity contribution in [3.05, 3.63) is 27.5 Å². The number of halogens is 1. The van der Waals surface area contributed by atoms with Crippen molar-refractivity contribution in [3.8, 4) is 0 Å². The maximum Gasteiger partial charge on any atom is 0.328 e. The Hall–Kier alpha value is -1.40. The van der Waals surface area contributed by atoms with E-state index in [1.54, 1.807) is 6.07 Å². The smallest absolute Gasteiger partial charge is 0.328 e. The first-order valence-corrected chi connectivity index (χ1v) is 5.58. The Balaban J connectivity index is 2.46. The predicted molar refractivity (Wildman–Crippen MR) is 60.9 cm³/mol. The monoisotopic (exact) mass is 258 g/mol. The molecule has 0 aliphatic carbocycles. The summed E-state index contributed by atoms with van der Waals surface area (Å²) in [6.07, 6.45) is 1.46. The number of fused-ring (bicyclic) bond motifs is 1. The molecular weight excluding hydrogens is 252 g/mol. The van der Waals surface area contributed by atoms with Gasteiger partial charge in [0.2, 0.25) is 0 Å². The maximum atomic E-state index is 11.2. The van der Waals surface area contributed by atoms with Gasteiger partial charge in [0.15, 0.2) is 5.38 Å². The number of hydrogen-bond donors (Lipinski definition) is 1. The molecule has 0 aliphatic heterocycles. The minimum atomic E-state index is -0.912. The molecule has 1 N–H and O–H groups in total. The van der Waals surface area contributed by atoms with Crippen molar-refractivity contribution in [1.82, 2.24) is 9.97 Å². The van der Waals surface area contributed by atoms with Gasteiger partial charge in [0, 0.05) is 11.8 Å². The van der Waals surface area contributed by atoms with Gasteiger partial charge in [-0.3, -0.25) is 9.59 Å². The van der Waals surface area contributed by atoms with Gasteiger partial charge in [-0.15, -0.1) is 11.6 Å². The summed E-state index contributed by atoms with van der Waals surface area (Å²) in [5, 5.41) is -0.912. The molecule has 0 fully saturated rings. The lowest BCUT2D eigenvalue weighted by Crippen LogP contribution is -2.08. The lowest BCUT2D eigenvalue weighted by molar-refractivity contribution is -0.140. The van der Waals surface area contributed by atoms with Crippen LogP contribution in [0.1, 0.15) is 10.9 Å². The van der Waals surface area contributed by atoms with Crippen molar-refractivity contribution < 1.29 is 9.53 Å². The second-order valence-corrected chi connectivity index (χ2v) is 4.42. The van der Waals surface area contributed by atoms with E-state index in [-0.39, 0.29) is 4.87 Å². The number of carbonyl (C=O) groups is 1. The number of ether oxygens (including phenoxy) is 1. The van der Waals surface area contributed by atoms with E-state index in [1.807, 2.05) is 0 Å². The fourth-order valence-corrected chi connectivity index (χ4v) is 2.11. The molecule has 1 unspecified atom stereocenters. The van der Waals surface area contributed by atoms with Crippen LogP contribution in [0.3, 0.4) is 0 Å². The fourth-order valence-electron chi connectivity index (χ4n) is 1.24. The number of aromatic amines is 1. The number of esters is 1. The van der Waals surface area contributed by atoms with E-state index < -0.39 is 11.3 Å². The van der Waals surface area contributed by atoms with Crippen molar-refractivity contribution in [1.29, 1.82) is 0 Å². The molecule has 0 aliphatic rings. The quantitative estimate of drug-likeness (QED) is 0.653. The number of nitrogens with zero attached hydrogens (tertiary/aromatic N) is 1. The molecule has 0 amide bonds. The largest absolute Gasteiger partial charge is 0.468 e. The molecule has 0 bridgehead atoms. The highest BCUT2D eigenvalue weighted by Gasteiger charge is 2.19. The van der Waals surface area contributed by atoms with Crippen LogP contribution in [0.2, 0.25) is 0 Å². The van der Waals surface area contributed by atoms with E-state index in [1.165, 1.54) is 13.3 Å². The van der Waals surface area contributed by atoms with Gasteiger partial charge in [0.25, 0.3) is 0 Å². The van der Waals surface area contributed by atoms with Crippen molar-refractivity contribution >= 4 is 39.3 Å². The molecule has 1 atom stereocenters. The van der Waals surface area contributed by atoms with Gasteiger partial charge in [-0.05, 0) is 6.07 Å². The minimum Gasteiger partial charge on any atom is -0.468 e. The highest BCUT2D eigenvalue weighted by Crippen LogP contribution is 2.23. The summed E-state index contributed by atoms with van der Waals surface area (Å²) in [7, 11) is 1.26. The van der Waals surface area contributed by atoms with Gasteiger partial charge in [-0.25, -0.2) is 4.98 Å². The summed E-state index contributed by atoms with van der Waals surface area (Å²) in [6, 6.07) is 1.62. The average Bonchev–Trinajstić information content (AvgIpc) is 2.65. The molecule has 0 saturated carbocycles. The van der Waals surface area contributed by atoms with Gasteiger partial charge < -0.3 is 9.72 Å². The number of hydrogen-bond acceptors (Lipinski definition) is 5. The molecule has 0 spiro atoms. The number of alkyl halides is 1. The van der Waals surface area contributed by atoms with Crippen LogP contribution >= 0.6 is 22.9 Å². The van der Waals surface area contributed by atoms with Gasteiger partial charge in [0.05, 0.1) is 12.6 Å². The Labute approximate surface area is 99.0 Å². The number of H-pyrrole nitrogens is 1. The highest BCUT2D eigenvalue weighted by atomic mass is 35.5. The number of rotatable bonds is 2. The molecule has 0 saturated heterocycles. The van der Waals surface area contributed by atoms with Crippen molar-refractivity contribution in [2.24, 2.45) is 0 Å². The lowest BCUT2D eigenvalue weighted by Gasteiger charge is -2.06. The number of methoxy groups -OCH3 is 1. The first-order valence-electron chi connectivity index (χ1n) is 4.32. The molecule has 5 nitrogen and oxygen atoms in total. The fraction of sp³-hybridized carbons (Fsp3) is 0.222. The lowest BCUT2D eigenvalue weighted by atomic mass is 10.2.